The number of amides is 1. The highest BCUT2D eigenvalue weighted by molar-refractivity contribution is 6.32. The Morgan fingerprint density at radius 2 is 2.21 bits per heavy atom. The van der Waals surface area contributed by atoms with E-state index in [9.17, 15) is 9.59 Å². The number of rotatable bonds is 6. The van der Waals surface area contributed by atoms with E-state index in [1.807, 2.05) is 6.92 Å². The minimum absolute atomic E-state index is 0.142. The summed E-state index contributed by atoms with van der Waals surface area (Å²) in [6, 6.07) is 3.10. The van der Waals surface area contributed by atoms with E-state index in [0.717, 1.165) is 0 Å². The van der Waals surface area contributed by atoms with Crippen molar-refractivity contribution in [3.63, 3.8) is 0 Å². The van der Waals surface area contributed by atoms with Crippen molar-refractivity contribution in [3.05, 3.63) is 22.7 Å². The smallest absolute Gasteiger partial charge is 0.306 e. The highest BCUT2D eigenvalue weighted by atomic mass is 35.5. The van der Waals surface area contributed by atoms with Crippen molar-refractivity contribution in [1.82, 2.24) is 4.90 Å². The Morgan fingerprint density at radius 3 is 2.83 bits per heavy atom. The third kappa shape index (κ3) is 4.30. The van der Waals surface area contributed by atoms with Crippen LogP contribution < -0.4 is 9.47 Å². The third-order valence-electron chi connectivity index (χ3n) is 3.59. The number of morpholine rings is 1. The van der Waals surface area contributed by atoms with Crippen molar-refractivity contribution < 1.29 is 28.9 Å². The van der Waals surface area contributed by atoms with Crippen LogP contribution in [-0.2, 0) is 9.53 Å². The monoisotopic (exact) mass is 357 g/mol. The molecule has 0 radical (unpaired) electrons. The van der Waals surface area contributed by atoms with Gasteiger partial charge in [0.05, 0.1) is 37.9 Å². The molecule has 1 N–H and O–H groups in total. The zero-order chi connectivity index (χ0) is 17.7. The molecule has 1 aliphatic heterocycles. The van der Waals surface area contributed by atoms with Gasteiger partial charge >= 0.3 is 5.97 Å². The van der Waals surface area contributed by atoms with Gasteiger partial charge in [-0.25, -0.2) is 0 Å². The molecule has 1 atom stereocenters. The second-order valence-corrected chi connectivity index (χ2v) is 5.67. The van der Waals surface area contributed by atoms with Gasteiger partial charge in [-0.3, -0.25) is 9.59 Å². The molecule has 1 aromatic rings. The Bertz CT molecular complexity index is 621. The van der Waals surface area contributed by atoms with E-state index in [0.29, 0.717) is 36.8 Å². The first kappa shape index (κ1) is 18.4. The predicted molar refractivity (Wildman–Crippen MR) is 87.1 cm³/mol. The summed E-state index contributed by atoms with van der Waals surface area (Å²) >= 11 is 6.19. The first-order chi connectivity index (χ1) is 11.5. The van der Waals surface area contributed by atoms with Gasteiger partial charge in [0.15, 0.2) is 11.5 Å². The van der Waals surface area contributed by atoms with Crippen molar-refractivity contribution in [1.29, 1.82) is 0 Å². The van der Waals surface area contributed by atoms with Crippen molar-refractivity contribution in [2.24, 2.45) is 0 Å². The van der Waals surface area contributed by atoms with E-state index in [1.165, 1.54) is 13.2 Å². The highest BCUT2D eigenvalue weighted by Gasteiger charge is 2.27. The maximum atomic E-state index is 12.7. The minimum Gasteiger partial charge on any atom is -0.493 e. The van der Waals surface area contributed by atoms with E-state index in [4.69, 9.17) is 30.9 Å². The van der Waals surface area contributed by atoms with Gasteiger partial charge in [0.1, 0.15) is 0 Å². The third-order valence-corrected chi connectivity index (χ3v) is 3.87. The Balaban J connectivity index is 2.19. The maximum Gasteiger partial charge on any atom is 0.306 e. The van der Waals surface area contributed by atoms with Crippen LogP contribution in [0, 0.1) is 0 Å². The number of aliphatic carboxylic acids is 1. The van der Waals surface area contributed by atoms with Gasteiger partial charge in [0, 0.05) is 18.7 Å². The maximum absolute atomic E-state index is 12.7. The van der Waals surface area contributed by atoms with Gasteiger partial charge in [-0.05, 0) is 19.1 Å². The molecule has 1 saturated heterocycles. The van der Waals surface area contributed by atoms with Gasteiger partial charge in [-0.2, -0.15) is 0 Å². The molecule has 7 nitrogen and oxygen atoms in total. The molecule has 1 heterocycles. The summed E-state index contributed by atoms with van der Waals surface area (Å²) in [6.45, 7) is 3.15. The summed E-state index contributed by atoms with van der Waals surface area (Å²) in [5, 5.41) is 9.15. The summed E-state index contributed by atoms with van der Waals surface area (Å²) in [6.07, 6.45) is -0.655. The quantitative estimate of drug-likeness (QED) is 0.838. The van der Waals surface area contributed by atoms with E-state index >= 15 is 0 Å². The fraction of sp³-hybridized carbons (Fsp3) is 0.500. The van der Waals surface area contributed by atoms with Crippen molar-refractivity contribution in [2.45, 2.75) is 19.4 Å². The second kappa shape index (κ2) is 8.21. The zero-order valence-corrected chi connectivity index (χ0v) is 14.3. The molecule has 8 heteroatoms. The lowest BCUT2D eigenvalue weighted by Gasteiger charge is -2.32. The van der Waals surface area contributed by atoms with Crippen molar-refractivity contribution in [3.8, 4) is 11.5 Å². The Kier molecular flexibility index (Phi) is 6.28. The molecule has 0 saturated carbocycles. The van der Waals surface area contributed by atoms with Crippen LogP contribution in [0.2, 0.25) is 5.02 Å². The van der Waals surface area contributed by atoms with Crippen LogP contribution in [0.5, 0.6) is 11.5 Å². The lowest BCUT2D eigenvalue weighted by atomic mass is 10.1. The first-order valence-corrected chi connectivity index (χ1v) is 7.97. The minimum atomic E-state index is -0.958. The average molecular weight is 358 g/mol. The van der Waals surface area contributed by atoms with Gasteiger partial charge in [0.25, 0.3) is 5.91 Å². The molecule has 0 aliphatic carbocycles. The number of halogens is 1. The van der Waals surface area contributed by atoms with Gasteiger partial charge in [0.2, 0.25) is 0 Å². The molecule has 1 aromatic carbocycles. The van der Waals surface area contributed by atoms with Crippen molar-refractivity contribution >= 4 is 23.5 Å². The normalized spacial score (nSPS) is 17.5. The molecule has 1 fully saturated rings. The van der Waals surface area contributed by atoms with Gasteiger partial charge in [-0.1, -0.05) is 11.6 Å². The summed E-state index contributed by atoms with van der Waals surface area (Å²) in [5.74, 6) is -0.441. The largest absolute Gasteiger partial charge is 0.493 e. The molecule has 132 valence electrons. The SMILES string of the molecule is CCOc1c(Cl)cc(C(=O)N2CCOC(CC(=O)O)C2)cc1OC. The standard InChI is InChI=1S/C16H20ClNO6/c1-3-23-15-12(17)6-10(7-13(15)22-2)16(21)18-4-5-24-11(9-18)8-14(19)20/h6-7,11H,3-5,8-9H2,1-2H3,(H,19,20). The van der Waals surface area contributed by atoms with Gasteiger partial charge < -0.3 is 24.2 Å². The summed E-state index contributed by atoms with van der Waals surface area (Å²) in [4.78, 5) is 25.1. The number of carboxylic acid groups (broad SMARTS) is 1. The molecule has 0 bridgehead atoms. The summed E-state index contributed by atoms with van der Waals surface area (Å²) < 4.78 is 16.1. The fourth-order valence-electron chi connectivity index (χ4n) is 2.53. The number of carbonyl (C=O) groups excluding carboxylic acids is 1. The van der Waals surface area contributed by atoms with Crippen LogP contribution >= 0.6 is 11.6 Å². The molecule has 1 amide bonds. The Hall–Kier alpha value is -1.99. The number of methoxy groups -OCH3 is 1. The van der Waals surface area contributed by atoms with Crippen LogP contribution in [0.1, 0.15) is 23.7 Å². The van der Waals surface area contributed by atoms with Crippen LogP contribution in [0.3, 0.4) is 0 Å². The highest BCUT2D eigenvalue weighted by Crippen LogP contribution is 2.36. The van der Waals surface area contributed by atoms with Gasteiger partial charge in [-0.15, -0.1) is 0 Å². The number of benzene rings is 1. The number of ether oxygens (including phenoxy) is 3. The van der Waals surface area contributed by atoms with Crippen LogP contribution in [-0.4, -0.2) is 61.4 Å². The number of hydrogen-bond donors (Lipinski definition) is 1. The average Bonchev–Trinajstić information content (AvgIpc) is 2.55. The predicted octanol–water partition coefficient (Wildman–Crippen LogP) is 2.06. The molecule has 1 unspecified atom stereocenters. The number of nitrogens with zero attached hydrogens (tertiary/aromatic N) is 1. The van der Waals surface area contributed by atoms with E-state index in [-0.39, 0.29) is 23.9 Å². The fourth-order valence-corrected chi connectivity index (χ4v) is 2.80. The van der Waals surface area contributed by atoms with Crippen LogP contribution in [0.4, 0.5) is 0 Å². The van der Waals surface area contributed by atoms with Crippen LogP contribution in [0.15, 0.2) is 12.1 Å². The van der Waals surface area contributed by atoms with E-state index in [1.54, 1.807) is 11.0 Å². The van der Waals surface area contributed by atoms with E-state index < -0.39 is 12.1 Å². The zero-order valence-electron chi connectivity index (χ0n) is 13.6. The second-order valence-electron chi connectivity index (χ2n) is 5.26. The number of carboxylic acids is 1. The molecule has 1 aliphatic rings. The molecule has 0 spiro atoms. The number of carbonyl (C=O) groups is 2. The molecule has 2 rings (SSSR count). The summed E-state index contributed by atoms with van der Waals surface area (Å²) in [5.41, 5.74) is 0.358. The molecule has 24 heavy (non-hydrogen) atoms. The molecule has 0 aromatic heterocycles. The van der Waals surface area contributed by atoms with Crippen molar-refractivity contribution in [2.75, 3.05) is 33.4 Å². The number of hydrogen-bond acceptors (Lipinski definition) is 5. The lowest BCUT2D eigenvalue weighted by Crippen LogP contribution is -2.46. The Labute approximate surface area is 145 Å². The molecular weight excluding hydrogens is 338 g/mol. The first-order valence-electron chi connectivity index (χ1n) is 7.59. The topological polar surface area (TPSA) is 85.3 Å². The Morgan fingerprint density at radius 1 is 1.46 bits per heavy atom. The summed E-state index contributed by atoms with van der Waals surface area (Å²) in [7, 11) is 1.47. The van der Waals surface area contributed by atoms with Crippen LogP contribution in [0.25, 0.3) is 0 Å². The van der Waals surface area contributed by atoms with E-state index in [2.05, 4.69) is 0 Å². The molecular formula is C16H20ClNO6. The lowest BCUT2D eigenvalue weighted by molar-refractivity contribution is -0.141.